The average Bonchev–Trinajstić information content (AvgIpc) is 3.02. The van der Waals surface area contributed by atoms with Gasteiger partial charge in [-0.25, -0.2) is 0 Å². The molecule has 0 saturated carbocycles. The smallest absolute Gasteiger partial charge is 0.224 e. The summed E-state index contributed by atoms with van der Waals surface area (Å²) in [4.78, 5) is 25.6. The van der Waals surface area contributed by atoms with E-state index < -0.39 is 0 Å². The number of nitrogens with one attached hydrogen (secondary N) is 3. The van der Waals surface area contributed by atoms with Crippen LogP contribution in [0.2, 0.25) is 0 Å². The summed E-state index contributed by atoms with van der Waals surface area (Å²) in [7, 11) is 0. The van der Waals surface area contributed by atoms with E-state index in [-0.39, 0.29) is 11.8 Å². The van der Waals surface area contributed by atoms with Crippen LogP contribution in [0.15, 0.2) is 72.8 Å². The maximum absolute atomic E-state index is 12.8. The highest BCUT2D eigenvalue weighted by molar-refractivity contribution is 5.95. The van der Waals surface area contributed by atoms with Gasteiger partial charge in [-0.1, -0.05) is 100 Å². The van der Waals surface area contributed by atoms with E-state index in [9.17, 15) is 9.59 Å². The second-order valence-electron chi connectivity index (χ2n) is 11.7. The molecule has 45 heavy (non-hydrogen) atoms. The Balaban J connectivity index is 1.55. The standard InChI is InChI=1S/C40H41N3O2/c1-3-5-7-9-17-38(44)42-36-25-29-19-21-32-15-11-13-31-14-12-16-33(40(31)32)22-20-30-24-35(41-34(23-29)27-36)28-37(26-30)43-39(45)18-10-8-6-4-2/h11-16,23-28,41H,3-10,17-18H2,1-2H3,(H,42,44)(H,43,45). The molecule has 4 aromatic rings. The number of carbonyl (C=O) groups excluding carboxylic acids is 2. The molecule has 0 unspecified atom stereocenters. The van der Waals surface area contributed by atoms with Gasteiger partial charge < -0.3 is 16.0 Å². The Bertz CT molecular complexity index is 1690. The van der Waals surface area contributed by atoms with E-state index in [1.54, 1.807) is 0 Å². The van der Waals surface area contributed by atoms with Crippen molar-refractivity contribution in [3.63, 3.8) is 0 Å². The van der Waals surface area contributed by atoms with E-state index >= 15 is 0 Å². The van der Waals surface area contributed by atoms with Crippen molar-refractivity contribution >= 4 is 45.3 Å². The van der Waals surface area contributed by atoms with Crippen LogP contribution < -0.4 is 16.0 Å². The number of benzene rings is 4. The molecule has 5 heteroatoms. The Hall–Kier alpha value is -5.00. The number of hydrogen-bond acceptors (Lipinski definition) is 3. The molecule has 2 amide bonds. The fourth-order valence-corrected chi connectivity index (χ4v) is 5.55. The van der Waals surface area contributed by atoms with Crippen LogP contribution in [0.1, 0.15) is 100 Å². The zero-order chi connectivity index (χ0) is 31.4. The molecular weight excluding hydrogens is 554 g/mol. The summed E-state index contributed by atoms with van der Waals surface area (Å²) in [5.74, 6) is 13.4. The molecule has 0 atom stereocenters. The molecule has 0 aliphatic carbocycles. The fraction of sp³-hybridized carbons (Fsp3) is 0.300. The third-order valence-electron chi connectivity index (χ3n) is 7.82. The maximum Gasteiger partial charge on any atom is 0.224 e. The van der Waals surface area contributed by atoms with Crippen LogP contribution in [-0.4, -0.2) is 11.8 Å². The van der Waals surface area contributed by atoms with Crippen molar-refractivity contribution in [3.05, 3.63) is 95.1 Å². The summed E-state index contributed by atoms with van der Waals surface area (Å²) in [6.07, 6.45) is 9.33. The summed E-state index contributed by atoms with van der Waals surface area (Å²) in [6, 6.07) is 23.8. The fourth-order valence-electron chi connectivity index (χ4n) is 5.55. The first-order chi connectivity index (χ1) is 22.0. The normalized spacial score (nSPS) is 11.2. The number of unbranched alkanes of at least 4 members (excludes halogenated alkanes) is 6. The Labute approximate surface area is 267 Å². The molecule has 228 valence electrons. The number of amides is 2. The van der Waals surface area contributed by atoms with Gasteiger partial charge >= 0.3 is 0 Å². The molecule has 1 aliphatic heterocycles. The van der Waals surface area contributed by atoms with E-state index in [0.717, 1.165) is 95.8 Å². The third kappa shape index (κ3) is 9.01. The summed E-state index contributed by atoms with van der Waals surface area (Å²) in [5, 5.41) is 11.7. The Morgan fingerprint density at radius 2 is 1.09 bits per heavy atom. The van der Waals surface area contributed by atoms with E-state index in [0.29, 0.717) is 24.2 Å². The van der Waals surface area contributed by atoms with Crippen LogP contribution in [-0.2, 0) is 9.59 Å². The number of fused-ring (bicyclic) bond motifs is 4. The van der Waals surface area contributed by atoms with Gasteiger partial charge in [0.05, 0.1) is 0 Å². The first-order valence-corrected chi connectivity index (χ1v) is 16.2. The first kappa shape index (κ1) is 31.4. The van der Waals surface area contributed by atoms with Gasteiger partial charge in [-0.15, -0.1) is 0 Å². The van der Waals surface area contributed by atoms with Crippen LogP contribution in [0, 0.1) is 23.7 Å². The number of anilines is 4. The monoisotopic (exact) mass is 595 g/mol. The minimum atomic E-state index is -0.00327. The quantitative estimate of drug-likeness (QED) is 0.0994. The third-order valence-corrected chi connectivity index (χ3v) is 7.82. The van der Waals surface area contributed by atoms with Gasteiger partial charge in [-0.2, -0.15) is 0 Å². The lowest BCUT2D eigenvalue weighted by Gasteiger charge is -2.14. The Morgan fingerprint density at radius 3 is 1.56 bits per heavy atom. The zero-order valence-electron chi connectivity index (χ0n) is 26.3. The predicted molar refractivity (Wildman–Crippen MR) is 187 cm³/mol. The molecule has 0 aromatic heterocycles. The molecule has 4 aromatic carbocycles. The molecule has 1 heterocycles. The molecule has 1 aliphatic rings. The Kier molecular flexibility index (Phi) is 10.9. The van der Waals surface area contributed by atoms with E-state index in [4.69, 9.17) is 0 Å². The summed E-state index contributed by atoms with van der Waals surface area (Å²) < 4.78 is 0. The first-order valence-electron chi connectivity index (χ1n) is 16.2. The minimum Gasteiger partial charge on any atom is -0.355 e. The van der Waals surface area contributed by atoms with Gasteiger partial charge in [0.25, 0.3) is 0 Å². The molecule has 0 fully saturated rings. The van der Waals surface area contributed by atoms with Gasteiger partial charge in [0.2, 0.25) is 11.8 Å². The molecule has 5 rings (SSSR count). The van der Waals surface area contributed by atoms with E-state index in [1.165, 1.54) is 0 Å². The SMILES string of the molecule is CCCCCCC(=O)Nc1cc2cc(c1)Nc1cc(cc(NC(=O)CCCCCC)c1)C#Cc1cccc3cccc(c13)C#C2. The lowest BCUT2D eigenvalue weighted by Crippen LogP contribution is -2.12. The molecule has 0 radical (unpaired) electrons. The lowest BCUT2D eigenvalue weighted by molar-refractivity contribution is -0.117. The second kappa shape index (κ2) is 15.6. The predicted octanol–water partition coefficient (Wildman–Crippen LogP) is 9.51. The van der Waals surface area contributed by atoms with Gasteiger partial charge in [0.1, 0.15) is 0 Å². The summed E-state index contributed by atoms with van der Waals surface area (Å²) in [6.45, 7) is 4.33. The number of hydrogen-bond donors (Lipinski definition) is 3. The number of rotatable bonds is 12. The maximum atomic E-state index is 12.8. The van der Waals surface area contributed by atoms with Crippen LogP contribution >= 0.6 is 0 Å². The molecule has 4 bridgehead atoms. The molecular formula is C40H41N3O2. The highest BCUT2D eigenvalue weighted by Gasteiger charge is 2.10. The van der Waals surface area contributed by atoms with Crippen molar-refractivity contribution in [2.24, 2.45) is 0 Å². The van der Waals surface area contributed by atoms with Crippen LogP contribution in [0.3, 0.4) is 0 Å². The van der Waals surface area contributed by atoms with Crippen LogP contribution in [0.4, 0.5) is 22.7 Å². The van der Waals surface area contributed by atoms with Crippen molar-refractivity contribution in [2.45, 2.75) is 78.1 Å². The topological polar surface area (TPSA) is 70.2 Å². The average molecular weight is 596 g/mol. The highest BCUT2D eigenvalue weighted by Crippen LogP contribution is 2.28. The van der Waals surface area contributed by atoms with Crippen molar-refractivity contribution < 1.29 is 9.59 Å². The van der Waals surface area contributed by atoms with Gasteiger partial charge in [-0.3, -0.25) is 9.59 Å². The van der Waals surface area contributed by atoms with Crippen LogP contribution in [0.25, 0.3) is 10.8 Å². The molecule has 3 N–H and O–H groups in total. The van der Waals surface area contributed by atoms with Crippen molar-refractivity contribution in [3.8, 4) is 23.7 Å². The summed E-state index contributed by atoms with van der Waals surface area (Å²) in [5.41, 5.74) is 6.25. The van der Waals surface area contributed by atoms with Crippen molar-refractivity contribution in [1.82, 2.24) is 0 Å². The van der Waals surface area contributed by atoms with E-state index in [2.05, 4.69) is 65.6 Å². The van der Waals surface area contributed by atoms with Crippen molar-refractivity contribution in [1.29, 1.82) is 0 Å². The van der Waals surface area contributed by atoms with Crippen molar-refractivity contribution in [2.75, 3.05) is 16.0 Å². The summed E-state index contributed by atoms with van der Waals surface area (Å²) >= 11 is 0. The van der Waals surface area contributed by atoms with Crippen LogP contribution in [0.5, 0.6) is 0 Å². The zero-order valence-corrected chi connectivity index (χ0v) is 26.3. The molecule has 0 spiro atoms. The molecule has 5 nitrogen and oxygen atoms in total. The lowest BCUT2D eigenvalue weighted by atomic mass is 9.99. The second-order valence-corrected chi connectivity index (χ2v) is 11.7. The Morgan fingerprint density at radius 1 is 0.600 bits per heavy atom. The minimum absolute atomic E-state index is 0.00327. The highest BCUT2D eigenvalue weighted by atomic mass is 16.2. The largest absolute Gasteiger partial charge is 0.355 e. The molecule has 0 saturated heterocycles. The van der Waals surface area contributed by atoms with Gasteiger partial charge in [0.15, 0.2) is 0 Å². The van der Waals surface area contributed by atoms with Gasteiger partial charge in [0, 0.05) is 63.2 Å². The van der Waals surface area contributed by atoms with E-state index in [1.807, 2.05) is 60.7 Å². The number of carbonyl (C=O) groups is 2. The van der Waals surface area contributed by atoms with Gasteiger partial charge in [-0.05, 0) is 66.8 Å².